The second kappa shape index (κ2) is 11.9. The molecular formula is C27H31FN2O3. The quantitative estimate of drug-likeness (QED) is 0.248. The number of halogens is 1. The van der Waals surface area contributed by atoms with Crippen LogP contribution in [0.1, 0.15) is 37.7 Å². The van der Waals surface area contributed by atoms with Gasteiger partial charge in [0.2, 0.25) is 0 Å². The minimum absolute atomic E-state index is 0.0254. The van der Waals surface area contributed by atoms with E-state index in [0.29, 0.717) is 36.1 Å². The van der Waals surface area contributed by atoms with Crippen molar-refractivity contribution in [1.29, 1.82) is 0 Å². The van der Waals surface area contributed by atoms with Crippen LogP contribution in [0.5, 0.6) is 5.75 Å². The highest BCUT2D eigenvalue weighted by Crippen LogP contribution is 2.28. The standard InChI is InChI=1S/C27H31FN2O3/c28-27(26(31)13-10-21-8-4-3-5-9-21)16-14-23(15-17-27)32-18-6-1-2-7-19-33-25-12-11-22(29)20-24(25)30/h3-5,8-16,20H,1-2,6-7,17-19,29-30H2. The van der Waals surface area contributed by atoms with Crippen LogP contribution >= 0.6 is 0 Å². The molecule has 0 saturated heterocycles. The lowest BCUT2D eigenvalue weighted by atomic mass is 9.91. The molecule has 1 unspecified atom stereocenters. The summed E-state index contributed by atoms with van der Waals surface area (Å²) in [5.41, 5.74) is 11.5. The van der Waals surface area contributed by atoms with Gasteiger partial charge in [-0.2, -0.15) is 0 Å². The van der Waals surface area contributed by atoms with Crippen LogP contribution in [-0.2, 0) is 9.53 Å². The van der Waals surface area contributed by atoms with E-state index < -0.39 is 11.5 Å². The molecule has 33 heavy (non-hydrogen) atoms. The zero-order valence-corrected chi connectivity index (χ0v) is 18.7. The number of allylic oxidation sites excluding steroid dienone is 4. The molecule has 0 spiro atoms. The first-order chi connectivity index (χ1) is 16.0. The van der Waals surface area contributed by atoms with Crippen molar-refractivity contribution in [3.63, 3.8) is 0 Å². The number of ether oxygens (including phenoxy) is 2. The molecule has 0 aliphatic heterocycles. The van der Waals surface area contributed by atoms with E-state index in [-0.39, 0.29) is 6.42 Å². The van der Waals surface area contributed by atoms with Gasteiger partial charge in [0, 0.05) is 12.1 Å². The second-order valence-corrected chi connectivity index (χ2v) is 8.02. The summed E-state index contributed by atoms with van der Waals surface area (Å²) in [6.07, 6.45) is 11.2. The van der Waals surface area contributed by atoms with Crippen molar-refractivity contribution in [2.45, 2.75) is 37.8 Å². The molecule has 6 heteroatoms. The van der Waals surface area contributed by atoms with E-state index >= 15 is 0 Å². The fourth-order valence-electron chi connectivity index (χ4n) is 3.39. The molecule has 0 aromatic heterocycles. The Morgan fingerprint density at radius 3 is 2.39 bits per heavy atom. The Balaban J connectivity index is 1.29. The SMILES string of the molecule is Nc1ccc(OCCCCCCOC2=CCC(F)(C(=O)C=Cc3ccccc3)C=C2)c(N)c1. The molecule has 0 saturated carbocycles. The first kappa shape index (κ1) is 24.1. The number of hydrogen-bond donors (Lipinski definition) is 2. The smallest absolute Gasteiger partial charge is 0.197 e. The molecule has 174 valence electrons. The van der Waals surface area contributed by atoms with Crippen molar-refractivity contribution in [2.24, 2.45) is 0 Å². The van der Waals surface area contributed by atoms with Crippen LogP contribution in [0.25, 0.3) is 6.08 Å². The lowest BCUT2D eigenvalue weighted by Crippen LogP contribution is -2.31. The topological polar surface area (TPSA) is 87.6 Å². The molecular weight excluding hydrogens is 419 g/mol. The maximum atomic E-state index is 15.0. The number of alkyl halides is 1. The normalized spacial score (nSPS) is 17.7. The predicted molar refractivity (Wildman–Crippen MR) is 131 cm³/mol. The molecule has 1 atom stereocenters. The first-order valence-electron chi connectivity index (χ1n) is 11.2. The number of nitrogens with two attached hydrogens (primary N) is 2. The highest BCUT2D eigenvalue weighted by molar-refractivity contribution is 6.01. The number of anilines is 2. The summed E-state index contributed by atoms with van der Waals surface area (Å²) in [6, 6.07) is 14.6. The monoisotopic (exact) mass is 450 g/mol. The fourth-order valence-corrected chi connectivity index (χ4v) is 3.39. The molecule has 0 amide bonds. The van der Waals surface area contributed by atoms with Crippen molar-refractivity contribution in [3.8, 4) is 5.75 Å². The van der Waals surface area contributed by atoms with E-state index in [9.17, 15) is 9.18 Å². The Hall–Kier alpha value is -3.54. The van der Waals surface area contributed by atoms with Gasteiger partial charge in [-0.15, -0.1) is 0 Å². The third-order valence-electron chi connectivity index (χ3n) is 5.35. The molecule has 0 bridgehead atoms. The number of carbonyl (C=O) groups is 1. The Bertz CT molecular complexity index is 1020. The average Bonchev–Trinajstić information content (AvgIpc) is 2.82. The number of ketones is 1. The van der Waals surface area contributed by atoms with Gasteiger partial charge < -0.3 is 20.9 Å². The van der Waals surface area contributed by atoms with Crippen LogP contribution in [-0.4, -0.2) is 24.7 Å². The van der Waals surface area contributed by atoms with E-state index in [4.69, 9.17) is 20.9 Å². The summed E-state index contributed by atoms with van der Waals surface area (Å²) in [5, 5.41) is 0. The Morgan fingerprint density at radius 1 is 1.00 bits per heavy atom. The maximum absolute atomic E-state index is 15.0. The number of hydrogen-bond acceptors (Lipinski definition) is 5. The van der Waals surface area contributed by atoms with Gasteiger partial charge in [0.1, 0.15) is 11.5 Å². The summed E-state index contributed by atoms with van der Waals surface area (Å²) in [6.45, 7) is 1.14. The molecule has 2 aromatic carbocycles. The number of carbonyl (C=O) groups excluding carboxylic acids is 1. The van der Waals surface area contributed by atoms with E-state index in [1.807, 2.05) is 30.3 Å². The van der Waals surface area contributed by atoms with E-state index in [0.717, 1.165) is 31.2 Å². The summed E-state index contributed by atoms with van der Waals surface area (Å²) < 4.78 is 26.3. The van der Waals surface area contributed by atoms with Crippen molar-refractivity contribution in [1.82, 2.24) is 0 Å². The molecule has 0 radical (unpaired) electrons. The van der Waals surface area contributed by atoms with Gasteiger partial charge in [0.15, 0.2) is 11.5 Å². The number of benzene rings is 2. The van der Waals surface area contributed by atoms with Gasteiger partial charge in [-0.3, -0.25) is 4.79 Å². The van der Waals surface area contributed by atoms with E-state index in [2.05, 4.69) is 0 Å². The third kappa shape index (κ3) is 7.52. The van der Waals surface area contributed by atoms with Crippen molar-refractivity contribution < 1.29 is 18.7 Å². The number of nitrogen functional groups attached to an aromatic ring is 2. The van der Waals surface area contributed by atoms with Crippen LogP contribution in [0.2, 0.25) is 0 Å². The van der Waals surface area contributed by atoms with Crippen LogP contribution < -0.4 is 16.2 Å². The van der Waals surface area contributed by atoms with Crippen molar-refractivity contribution in [3.05, 3.63) is 84.2 Å². The van der Waals surface area contributed by atoms with E-state index in [1.165, 1.54) is 12.2 Å². The molecule has 0 heterocycles. The Labute approximate surface area is 194 Å². The molecule has 1 aliphatic carbocycles. The van der Waals surface area contributed by atoms with Crippen LogP contribution in [0.3, 0.4) is 0 Å². The minimum Gasteiger partial charge on any atom is -0.494 e. The highest BCUT2D eigenvalue weighted by atomic mass is 19.1. The van der Waals surface area contributed by atoms with Crippen molar-refractivity contribution >= 4 is 23.2 Å². The second-order valence-electron chi connectivity index (χ2n) is 8.02. The molecule has 3 rings (SSSR count). The van der Waals surface area contributed by atoms with Gasteiger partial charge in [0.05, 0.1) is 18.9 Å². The van der Waals surface area contributed by atoms with Crippen LogP contribution in [0.4, 0.5) is 15.8 Å². The molecule has 5 nitrogen and oxygen atoms in total. The first-order valence-corrected chi connectivity index (χ1v) is 11.2. The number of rotatable bonds is 12. The van der Waals surface area contributed by atoms with Gasteiger partial charge in [-0.1, -0.05) is 36.4 Å². The zero-order chi connectivity index (χ0) is 23.5. The summed E-state index contributed by atoms with van der Waals surface area (Å²) in [5.74, 6) is 0.688. The van der Waals surface area contributed by atoms with Gasteiger partial charge in [-0.25, -0.2) is 4.39 Å². The number of unbranched alkanes of at least 4 members (excludes halogenated alkanes) is 3. The molecule has 0 fully saturated rings. The fraction of sp³-hybridized carbons (Fsp3) is 0.296. The largest absolute Gasteiger partial charge is 0.494 e. The third-order valence-corrected chi connectivity index (χ3v) is 5.35. The van der Waals surface area contributed by atoms with E-state index in [1.54, 1.807) is 36.4 Å². The van der Waals surface area contributed by atoms with Crippen molar-refractivity contribution in [2.75, 3.05) is 24.7 Å². The maximum Gasteiger partial charge on any atom is 0.197 e. The lowest BCUT2D eigenvalue weighted by molar-refractivity contribution is -0.122. The lowest BCUT2D eigenvalue weighted by Gasteiger charge is -2.21. The summed E-state index contributed by atoms with van der Waals surface area (Å²) >= 11 is 0. The van der Waals surface area contributed by atoms with Gasteiger partial charge in [0.25, 0.3) is 0 Å². The van der Waals surface area contributed by atoms with Crippen LogP contribution in [0.15, 0.2) is 78.6 Å². The summed E-state index contributed by atoms with van der Waals surface area (Å²) in [7, 11) is 0. The van der Waals surface area contributed by atoms with Gasteiger partial charge in [-0.05, 0) is 73.7 Å². The molecule has 2 aromatic rings. The predicted octanol–water partition coefficient (Wildman–Crippen LogP) is 5.64. The minimum atomic E-state index is -2.02. The highest BCUT2D eigenvalue weighted by Gasteiger charge is 2.34. The summed E-state index contributed by atoms with van der Waals surface area (Å²) in [4.78, 5) is 12.3. The molecule has 4 N–H and O–H groups in total. The Kier molecular flexibility index (Phi) is 8.70. The average molecular weight is 451 g/mol. The van der Waals surface area contributed by atoms with Gasteiger partial charge >= 0.3 is 0 Å². The Morgan fingerprint density at radius 2 is 1.73 bits per heavy atom. The molecule has 1 aliphatic rings. The van der Waals surface area contributed by atoms with Crippen LogP contribution in [0, 0.1) is 0 Å². The zero-order valence-electron chi connectivity index (χ0n) is 18.7.